The number of carbonyl (C=O) groups is 1. The van der Waals surface area contributed by atoms with Crippen LogP contribution in [-0.2, 0) is 6.54 Å². The number of nitrogens with zero attached hydrogens (tertiary/aromatic N) is 3. The van der Waals surface area contributed by atoms with Crippen LogP contribution < -0.4 is 0 Å². The van der Waals surface area contributed by atoms with E-state index in [0.29, 0.717) is 0 Å². The van der Waals surface area contributed by atoms with Gasteiger partial charge in [0.2, 0.25) is 0 Å². The Morgan fingerprint density at radius 3 is 2.81 bits per heavy atom. The Labute approximate surface area is 156 Å². The van der Waals surface area contributed by atoms with Gasteiger partial charge in [-0.3, -0.25) is 9.69 Å². The minimum atomic E-state index is 0.0707. The zero-order valence-electron chi connectivity index (χ0n) is 14.7. The number of piperidine rings is 1. The highest BCUT2D eigenvalue weighted by molar-refractivity contribution is 7.98. The van der Waals surface area contributed by atoms with Gasteiger partial charge in [-0.05, 0) is 65.8 Å². The average Bonchev–Trinajstić information content (AvgIpc) is 3.15. The maximum absolute atomic E-state index is 12.9. The lowest BCUT2D eigenvalue weighted by atomic mass is 9.90. The number of hydrogen-bond acceptors (Lipinski definition) is 6. The summed E-state index contributed by atoms with van der Waals surface area (Å²) in [7, 11) is 0. The van der Waals surface area contributed by atoms with Crippen molar-refractivity contribution in [3.8, 4) is 0 Å². The van der Waals surface area contributed by atoms with Gasteiger partial charge in [0.25, 0.3) is 0 Å². The topological polar surface area (TPSA) is 59.2 Å². The summed E-state index contributed by atoms with van der Waals surface area (Å²) in [5.41, 5.74) is 3.55. The molecule has 4 rings (SSSR count). The molecule has 3 aromatic rings. The van der Waals surface area contributed by atoms with Crippen molar-refractivity contribution in [3.63, 3.8) is 0 Å². The molecule has 6 heteroatoms. The highest BCUT2D eigenvalue weighted by Crippen LogP contribution is 2.24. The minimum absolute atomic E-state index is 0.0707. The first kappa shape index (κ1) is 17.2. The maximum Gasteiger partial charge on any atom is 0.167 e. The summed E-state index contributed by atoms with van der Waals surface area (Å²) < 4.78 is 4.76. The lowest BCUT2D eigenvalue weighted by Gasteiger charge is -2.32. The van der Waals surface area contributed by atoms with Crippen LogP contribution in [-0.4, -0.2) is 40.3 Å². The van der Waals surface area contributed by atoms with Crippen LogP contribution in [0.2, 0.25) is 0 Å². The number of aromatic nitrogens is 2. The van der Waals surface area contributed by atoms with Gasteiger partial charge in [-0.25, -0.2) is 4.63 Å². The lowest BCUT2D eigenvalue weighted by molar-refractivity contribution is 0.0811. The summed E-state index contributed by atoms with van der Waals surface area (Å²) in [6.45, 7) is 2.64. The predicted octanol–water partition coefficient (Wildman–Crippen LogP) is 4.04. The van der Waals surface area contributed by atoms with Crippen molar-refractivity contribution in [1.82, 2.24) is 15.2 Å². The number of carbonyl (C=O) groups excluding carboxylic acids is 1. The van der Waals surface area contributed by atoms with Crippen LogP contribution in [0.3, 0.4) is 0 Å². The molecule has 0 bridgehead atoms. The summed E-state index contributed by atoms with van der Waals surface area (Å²) in [6.07, 6.45) is 4.06. The molecule has 0 N–H and O–H groups in total. The molecule has 2 aromatic carbocycles. The zero-order chi connectivity index (χ0) is 17.9. The molecule has 0 spiro atoms. The third kappa shape index (κ3) is 3.66. The number of hydrogen-bond donors (Lipinski definition) is 0. The highest BCUT2D eigenvalue weighted by Gasteiger charge is 2.26. The van der Waals surface area contributed by atoms with Crippen LogP contribution in [0.1, 0.15) is 28.8 Å². The van der Waals surface area contributed by atoms with Crippen LogP contribution in [0, 0.1) is 5.92 Å². The first-order valence-electron chi connectivity index (χ1n) is 8.85. The molecule has 1 fully saturated rings. The first-order chi connectivity index (χ1) is 12.7. The quantitative estimate of drug-likeness (QED) is 0.501. The molecule has 5 nitrogen and oxygen atoms in total. The summed E-state index contributed by atoms with van der Waals surface area (Å²) in [5.74, 6) is 0.333. The van der Waals surface area contributed by atoms with Gasteiger partial charge in [-0.15, -0.1) is 11.8 Å². The molecule has 1 aromatic heterocycles. The van der Waals surface area contributed by atoms with Gasteiger partial charge in [0.05, 0.1) is 0 Å². The number of thioether (sulfide) groups is 1. The summed E-state index contributed by atoms with van der Waals surface area (Å²) in [4.78, 5) is 16.4. The fraction of sp³-hybridized carbons (Fsp3) is 0.350. The van der Waals surface area contributed by atoms with Gasteiger partial charge in [0.1, 0.15) is 11.0 Å². The van der Waals surface area contributed by atoms with Gasteiger partial charge in [0.15, 0.2) is 5.78 Å². The van der Waals surface area contributed by atoms with E-state index >= 15 is 0 Å². The Hall–Kier alpha value is -2.18. The first-order valence-corrected chi connectivity index (χ1v) is 10.1. The molecule has 1 aliphatic heterocycles. The Morgan fingerprint density at radius 1 is 1.19 bits per heavy atom. The molecule has 1 unspecified atom stereocenters. The van der Waals surface area contributed by atoms with E-state index in [0.717, 1.165) is 49.1 Å². The van der Waals surface area contributed by atoms with E-state index in [1.165, 1.54) is 10.5 Å². The largest absolute Gasteiger partial charge is 0.298 e. The van der Waals surface area contributed by atoms with Crippen LogP contribution in [0.25, 0.3) is 11.0 Å². The normalized spacial score (nSPS) is 18.3. The molecule has 134 valence electrons. The summed E-state index contributed by atoms with van der Waals surface area (Å²) >= 11 is 1.69. The van der Waals surface area contributed by atoms with Gasteiger partial charge in [-0.2, -0.15) is 0 Å². The molecule has 1 saturated heterocycles. The Kier molecular flexibility index (Phi) is 5.04. The van der Waals surface area contributed by atoms with Crippen LogP contribution >= 0.6 is 11.8 Å². The molecule has 26 heavy (non-hydrogen) atoms. The van der Waals surface area contributed by atoms with E-state index in [1.807, 2.05) is 42.7 Å². The molecule has 1 atom stereocenters. The van der Waals surface area contributed by atoms with Crippen molar-refractivity contribution < 1.29 is 9.42 Å². The van der Waals surface area contributed by atoms with Crippen LogP contribution in [0.4, 0.5) is 0 Å². The van der Waals surface area contributed by atoms with Crippen molar-refractivity contribution in [3.05, 3.63) is 53.6 Å². The van der Waals surface area contributed by atoms with E-state index in [2.05, 4.69) is 21.3 Å². The third-order valence-electron chi connectivity index (χ3n) is 4.98. The van der Waals surface area contributed by atoms with E-state index in [1.54, 1.807) is 11.8 Å². The lowest BCUT2D eigenvalue weighted by Crippen LogP contribution is -2.38. The number of benzene rings is 2. The minimum Gasteiger partial charge on any atom is -0.298 e. The van der Waals surface area contributed by atoms with Crippen molar-refractivity contribution in [2.75, 3.05) is 19.3 Å². The van der Waals surface area contributed by atoms with Crippen LogP contribution in [0.5, 0.6) is 0 Å². The number of fused-ring (bicyclic) bond motifs is 1. The van der Waals surface area contributed by atoms with Crippen molar-refractivity contribution in [2.45, 2.75) is 24.3 Å². The Bertz CT molecular complexity index is 907. The van der Waals surface area contributed by atoms with E-state index in [9.17, 15) is 4.79 Å². The van der Waals surface area contributed by atoms with Gasteiger partial charge in [-0.1, -0.05) is 18.2 Å². The predicted molar refractivity (Wildman–Crippen MR) is 102 cm³/mol. The molecule has 0 saturated carbocycles. The fourth-order valence-corrected chi connectivity index (χ4v) is 4.00. The Balaban J connectivity index is 1.43. The second kappa shape index (κ2) is 7.60. The molecule has 0 aliphatic carbocycles. The zero-order valence-corrected chi connectivity index (χ0v) is 15.5. The van der Waals surface area contributed by atoms with Gasteiger partial charge < -0.3 is 0 Å². The second-order valence-electron chi connectivity index (χ2n) is 6.75. The monoisotopic (exact) mass is 367 g/mol. The van der Waals surface area contributed by atoms with Crippen molar-refractivity contribution in [1.29, 1.82) is 0 Å². The molecule has 1 aliphatic rings. The van der Waals surface area contributed by atoms with Crippen molar-refractivity contribution in [2.24, 2.45) is 5.92 Å². The van der Waals surface area contributed by atoms with Gasteiger partial charge in [0, 0.05) is 29.5 Å². The third-order valence-corrected chi connectivity index (χ3v) is 5.72. The number of rotatable bonds is 5. The standard InChI is InChI=1S/C20H21N3O2S/c1-26-17-7-5-15(6-8-17)20(24)16-3-2-10-23(13-16)12-14-4-9-18-19(11-14)22-25-21-18/h4-9,11,16H,2-3,10,12-13H2,1H3. The van der Waals surface area contributed by atoms with Gasteiger partial charge >= 0.3 is 0 Å². The average molecular weight is 367 g/mol. The van der Waals surface area contributed by atoms with Crippen molar-refractivity contribution >= 4 is 28.6 Å². The molecular formula is C20H21N3O2S. The maximum atomic E-state index is 12.9. The van der Waals surface area contributed by atoms with E-state index < -0.39 is 0 Å². The van der Waals surface area contributed by atoms with E-state index in [-0.39, 0.29) is 11.7 Å². The summed E-state index contributed by atoms with van der Waals surface area (Å²) in [6, 6.07) is 14.0. The molecule has 0 radical (unpaired) electrons. The smallest absolute Gasteiger partial charge is 0.167 e. The van der Waals surface area contributed by atoms with E-state index in [4.69, 9.17) is 4.63 Å². The summed E-state index contributed by atoms with van der Waals surface area (Å²) in [5, 5.41) is 7.75. The molecular weight excluding hydrogens is 346 g/mol. The highest BCUT2D eigenvalue weighted by atomic mass is 32.2. The Morgan fingerprint density at radius 2 is 2.00 bits per heavy atom. The second-order valence-corrected chi connectivity index (χ2v) is 7.63. The number of Topliss-reactive ketones (excluding diaryl/α,β-unsaturated/α-hetero) is 1. The van der Waals surface area contributed by atoms with Crippen LogP contribution in [0.15, 0.2) is 52.0 Å². The SMILES string of the molecule is CSc1ccc(C(=O)C2CCCN(Cc3ccc4nonc4c3)C2)cc1. The number of ketones is 1. The number of likely N-dealkylation sites (tertiary alicyclic amines) is 1. The fourth-order valence-electron chi connectivity index (χ4n) is 3.59. The molecule has 0 amide bonds. The molecule has 2 heterocycles.